The molecule has 136 valence electrons. The van der Waals surface area contributed by atoms with Crippen LogP contribution in [-0.2, 0) is 12.8 Å². The number of halogens is 2. The molecule has 0 radical (unpaired) electrons. The average molecular weight is 390 g/mol. The number of carbonyl (C=O) groups excluding carboxylic acids is 1. The van der Waals surface area contributed by atoms with Gasteiger partial charge in [-0.3, -0.25) is 0 Å². The highest BCUT2D eigenvalue weighted by molar-refractivity contribution is 6.42. The van der Waals surface area contributed by atoms with Crippen molar-refractivity contribution in [1.82, 2.24) is 4.90 Å². The van der Waals surface area contributed by atoms with Crippen molar-refractivity contribution < 1.29 is 4.79 Å². The fraction of sp³-hybridized carbons (Fsp3) is 0.350. The Morgan fingerprint density at radius 2 is 1.65 bits per heavy atom. The van der Waals surface area contributed by atoms with Crippen LogP contribution in [0.5, 0.6) is 0 Å². The van der Waals surface area contributed by atoms with E-state index in [0.29, 0.717) is 23.1 Å². The highest BCUT2D eigenvalue weighted by Gasteiger charge is 2.22. The SMILES string of the molecule is O=C(Nc1ccc2c(c1)CCC2)N1CCN(c2ccc(Cl)c(Cl)c2)CC1. The lowest BCUT2D eigenvalue weighted by Gasteiger charge is -2.36. The molecule has 4 rings (SSSR count). The number of carbonyl (C=O) groups is 1. The van der Waals surface area contributed by atoms with Crippen LogP contribution in [0, 0.1) is 0 Å². The molecule has 1 aliphatic carbocycles. The molecule has 2 aromatic rings. The van der Waals surface area contributed by atoms with Crippen LogP contribution in [0.4, 0.5) is 16.2 Å². The Bertz CT molecular complexity index is 832. The Morgan fingerprint density at radius 1 is 0.885 bits per heavy atom. The second-order valence-electron chi connectivity index (χ2n) is 6.84. The van der Waals surface area contributed by atoms with E-state index in [1.54, 1.807) is 0 Å². The van der Waals surface area contributed by atoms with Crippen LogP contribution in [0.3, 0.4) is 0 Å². The summed E-state index contributed by atoms with van der Waals surface area (Å²) in [5.41, 5.74) is 4.71. The van der Waals surface area contributed by atoms with Crippen molar-refractivity contribution in [3.63, 3.8) is 0 Å². The molecule has 2 aromatic carbocycles. The lowest BCUT2D eigenvalue weighted by atomic mass is 10.1. The van der Waals surface area contributed by atoms with E-state index in [1.165, 1.54) is 17.5 Å². The monoisotopic (exact) mass is 389 g/mol. The van der Waals surface area contributed by atoms with Gasteiger partial charge in [-0.15, -0.1) is 0 Å². The van der Waals surface area contributed by atoms with Crippen molar-refractivity contribution in [1.29, 1.82) is 0 Å². The first-order chi connectivity index (χ1) is 12.6. The van der Waals surface area contributed by atoms with Gasteiger partial charge in [-0.1, -0.05) is 29.3 Å². The number of aryl methyl sites for hydroxylation is 2. The quantitative estimate of drug-likeness (QED) is 0.797. The van der Waals surface area contributed by atoms with Gasteiger partial charge in [0, 0.05) is 37.6 Å². The van der Waals surface area contributed by atoms with E-state index in [-0.39, 0.29) is 6.03 Å². The number of fused-ring (bicyclic) bond motifs is 1. The zero-order chi connectivity index (χ0) is 18.1. The van der Waals surface area contributed by atoms with Crippen LogP contribution >= 0.6 is 23.2 Å². The lowest BCUT2D eigenvalue weighted by molar-refractivity contribution is 0.208. The Morgan fingerprint density at radius 3 is 2.42 bits per heavy atom. The van der Waals surface area contributed by atoms with Crippen molar-refractivity contribution in [2.75, 3.05) is 36.4 Å². The maximum Gasteiger partial charge on any atom is 0.321 e. The largest absolute Gasteiger partial charge is 0.368 e. The molecule has 1 fully saturated rings. The van der Waals surface area contributed by atoms with Crippen LogP contribution in [0.1, 0.15) is 17.5 Å². The standard InChI is InChI=1S/C20H21Cl2N3O/c21-18-7-6-17(13-19(18)22)24-8-10-25(11-9-24)20(26)23-16-5-4-14-2-1-3-15(14)12-16/h4-7,12-13H,1-3,8-11H2,(H,23,26). The van der Waals surface area contributed by atoms with Crippen LogP contribution in [0.25, 0.3) is 0 Å². The maximum absolute atomic E-state index is 12.6. The van der Waals surface area contributed by atoms with Crippen molar-refractivity contribution in [2.45, 2.75) is 19.3 Å². The van der Waals surface area contributed by atoms with E-state index in [4.69, 9.17) is 23.2 Å². The molecule has 4 nitrogen and oxygen atoms in total. The summed E-state index contributed by atoms with van der Waals surface area (Å²) in [6, 6.07) is 11.9. The first kappa shape index (κ1) is 17.5. The van der Waals surface area contributed by atoms with Crippen molar-refractivity contribution in [3.05, 3.63) is 57.6 Å². The van der Waals surface area contributed by atoms with Crippen LogP contribution < -0.4 is 10.2 Å². The van der Waals surface area contributed by atoms with Gasteiger partial charge < -0.3 is 15.1 Å². The Balaban J connectivity index is 1.35. The van der Waals surface area contributed by atoms with E-state index in [0.717, 1.165) is 37.3 Å². The van der Waals surface area contributed by atoms with E-state index in [1.807, 2.05) is 29.2 Å². The van der Waals surface area contributed by atoms with Crippen LogP contribution in [0.2, 0.25) is 10.0 Å². The number of rotatable bonds is 2. The minimum Gasteiger partial charge on any atom is -0.368 e. The number of anilines is 2. The molecule has 6 heteroatoms. The van der Waals surface area contributed by atoms with Crippen molar-refractivity contribution in [3.8, 4) is 0 Å². The van der Waals surface area contributed by atoms with Gasteiger partial charge in [0.05, 0.1) is 10.0 Å². The third-order valence-electron chi connectivity index (χ3n) is 5.18. The summed E-state index contributed by atoms with van der Waals surface area (Å²) in [5.74, 6) is 0. The van der Waals surface area contributed by atoms with Crippen LogP contribution in [0.15, 0.2) is 36.4 Å². The number of piperazine rings is 1. The third-order valence-corrected chi connectivity index (χ3v) is 5.92. The molecule has 0 spiro atoms. The molecule has 2 amide bonds. The Labute approximate surface area is 163 Å². The fourth-order valence-corrected chi connectivity index (χ4v) is 3.99. The molecular weight excluding hydrogens is 369 g/mol. The number of urea groups is 1. The lowest BCUT2D eigenvalue weighted by Crippen LogP contribution is -2.50. The minimum atomic E-state index is -0.0308. The second-order valence-corrected chi connectivity index (χ2v) is 7.65. The Hall–Kier alpha value is -1.91. The molecule has 1 saturated heterocycles. The highest BCUT2D eigenvalue weighted by Crippen LogP contribution is 2.28. The summed E-state index contributed by atoms with van der Waals surface area (Å²) in [4.78, 5) is 16.7. The highest BCUT2D eigenvalue weighted by atomic mass is 35.5. The van der Waals surface area contributed by atoms with Crippen molar-refractivity contribution in [2.24, 2.45) is 0 Å². The zero-order valence-corrected chi connectivity index (χ0v) is 16.0. The Kier molecular flexibility index (Phi) is 4.96. The molecule has 0 aromatic heterocycles. The molecular formula is C20H21Cl2N3O. The van der Waals surface area contributed by atoms with E-state index in [9.17, 15) is 4.79 Å². The molecule has 0 atom stereocenters. The minimum absolute atomic E-state index is 0.0308. The summed E-state index contributed by atoms with van der Waals surface area (Å²) < 4.78 is 0. The van der Waals surface area contributed by atoms with Gasteiger partial charge >= 0.3 is 6.03 Å². The molecule has 0 saturated carbocycles. The van der Waals surface area contributed by atoms with Gasteiger partial charge in [0.25, 0.3) is 0 Å². The third kappa shape index (κ3) is 3.62. The summed E-state index contributed by atoms with van der Waals surface area (Å²) in [7, 11) is 0. The molecule has 2 aliphatic rings. The molecule has 0 unspecified atom stereocenters. The molecule has 26 heavy (non-hydrogen) atoms. The summed E-state index contributed by atoms with van der Waals surface area (Å²) in [6.45, 7) is 2.90. The smallest absolute Gasteiger partial charge is 0.321 e. The number of nitrogens with one attached hydrogen (secondary N) is 1. The number of hydrogen-bond donors (Lipinski definition) is 1. The number of hydrogen-bond acceptors (Lipinski definition) is 2. The fourth-order valence-electron chi connectivity index (χ4n) is 3.70. The van der Waals surface area contributed by atoms with Gasteiger partial charge in [0.15, 0.2) is 0 Å². The van der Waals surface area contributed by atoms with E-state index >= 15 is 0 Å². The molecule has 1 N–H and O–H groups in total. The number of amides is 2. The first-order valence-electron chi connectivity index (χ1n) is 8.98. The van der Waals surface area contributed by atoms with Gasteiger partial charge in [0.2, 0.25) is 0 Å². The van der Waals surface area contributed by atoms with E-state index < -0.39 is 0 Å². The number of benzene rings is 2. The molecule has 0 bridgehead atoms. The first-order valence-corrected chi connectivity index (χ1v) is 9.73. The van der Waals surface area contributed by atoms with Gasteiger partial charge in [0.1, 0.15) is 0 Å². The van der Waals surface area contributed by atoms with Crippen LogP contribution in [-0.4, -0.2) is 37.1 Å². The maximum atomic E-state index is 12.6. The zero-order valence-electron chi connectivity index (χ0n) is 14.5. The average Bonchev–Trinajstić information content (AvgIpc) is 3.12. The summed E-state index contributed by atoms with van der Waals surface area (Å²) in [6.07, 6.45) is 3.48. The summed E-state index contributed by atoms with van der Waals surface area (Å²) >= 11 is 12.1. The molecule has 1 aliphatic heterocycles. The second kappa shape index (κ2) is 7.37. The molecule has 1 heterocycles. The van der Waals surface area contributed by atoms with Gasteiger partial charge in [-0.2, -0.15) is 0 Å². The number of nitrogens with zero attached hydrogens (tertiary/aromatic N) is 2. The predicted molar refractivity (Wildman–Crippen MR) is 108 cm³/mol. The van der Waals surface area contributed by atoms with Crippen molar-refractivity contribution >= 4 is 40.6 Å². The van der Waals surface area contributed by atoms with Gasteiger partial charge in [-0.05, 0) is 60.7 Å². The predicted octanol–water partition coefficient (Wildman–Crippen LogP) is 4.84. The van der Waals surface area contributed by atoms with Gasteiger partial charge in [-0.25, -0.2) is 4.79 Å². The topological polar surface area (TPSA) is 35.6 Å². The normalized spacial score (nSPS) is 16.5. The van der Waals surface area contributed by atoms with E-state index in [2.05, 4.69) is 22.3 Å². The summed E-state index contributed by atoms with van der Waals surface area (Å²) in [5, 5.41) is 4.16.